The quantitative estimate of drug-likeness (QED) is 0.789. The standard InChI is InChI=1S/C19H22N2O3S/c1-25-16-7-5-15(6-8-16)14-18(22)20-9-3-10-21(12-11-20)19(23)17-4-2-13-24-17/h2,4-8,13H,3,9-12,14H2,1H3. The number of nitrogens with zero attached hydrogens (tertiary/aromatic N) is 2. The molecular formula is C19H22N2O3S. The first kappa shape index (κ1) is 17.6. The number of hydrogen-bond donors (Lipinski definition) is 0. The molecule has 1 aromatic heterocycles. The number of amides is 2. The summed E-state index contributed by atoms with van der Waals surface area (Å²) in [4.78, 5) is 29.8. The molecule has 0 unspecified atom stereocenters. The molecule has 25 heavy (non-hydrogen) atoms. The van der Waals surface area contributed by atoms with E-state index < -0.39 is 0 Å². The lowest BCUT2D eigenvalue weighted by molar-refractivity contribution is -0.130. The molecule has 1 saturated heterocycles. The average molecular weight is 358 g/mol. The summed E-state index contributed by atoms with van der Waals surface area (Å²) in [6.45, 7) is 2.43. The Kier molecular flexibility index (Phi) is 5.81. The SMILES string of the molecule is CSc1ccc(CC(=O)N2CCCN(C(=O)c3ccco3)CC2)cc1. The lowest BCUT2D eigenvalue weighted by Gasteiger charge is -2.21. The number of furan rings is 1. The molecule has 5 nitrogen and oxygen atoms in total. The minimum atomic E-state index is -0.105. The molecule has 2 heterocycles. The molecule has 0 N–H and O–H groups in total. The van der Waals surface area contributed by atoms with Crippen LogP contribution >= 0.6 is 11.8 Å². The van der Waals surface area contributed by atoms with Gasteiger partial charge in [0.2, 0.25) is 5.91 Å². The summed E-state index contributed by atoms with van der Waals surface area (Å²) in [6.07, 6.45) is 4.72. The van der Waals surface area contributed by atoms with Gasteiger partial charge < -0.3 is 14.2 Å². The fraction of sp³-hybridized carbons (Fsp3) is 0.368. The average Bonchev–Trinajstić information content (AvgIpc) is 3.06. The van der Waals surface area contributed by atoms with E-state index in [4.69, 9.17) is 4.42 Å². The molecule has 1 aromatic carbocycles. The van der Waals surface area contributed by atoms with Gasteiger partial charge in [-0.15, -0.1) is 11.8 Å². The van der Waals surface area contributed by atoms with E-state index >= 15 is 0 Å². The Morgan fingerprint density at radius 2 is 1.76 bits per heavy atom. The summed E-state index contributed by atoms with van der Waals surface area (Å²) in [5.41, 5.74) is 1.02. The summed E-state index contributed by atoms with van der Waals surface area (Å²) in [7, 11) is 0. The van der Waals surface area contributed by atoms with Crippen molar-refractivity contribution in [1.29, 1.82) is 0 Å². The Hall–Kier alpha value is -2.21. The molecule has 0 spiro atoms. The zero-order valence-corrected chi connectivity index (χ0v) is 15.1. The highest BCUT2D eigenvalue weighted by atomic mass is 32.2. The van der Waals surface area contributed by atoms with Gasteiger partial charge >= 0.3 is 0 Å². The molecule has 0 bridgehead atoms. The second kappa shape index (κ2) is 8.25. The minimum absolute atomic E-state index is 0.105. The molecule has 2 amide bonds. The van der Waals surface area contributed by atoms with E-state index in [1.807, 2.05) is 35.4 Å². The van der Waals surface area contributed by atoms with Crippen LogP contribution < -0.4 is 0 Å². The molecule has 1 fully saturated rings. The van der Waals surface area contributed by atoms with E-state index in [9.17, 15) is 9.59 Å². The Labute approximate surface area is 152 Å². The molecule has 0 aliphatic carbocycles. The van der Waals surface area contributed by atoms with Gasteiger partial charge in [0, 0.05) is 31.1 Å². The van der Waals surface area contributed by atoms with Crippen molar-refractivity contribution in [2.75, 3.05) is 32.4 Å². The Balaban J connectivity index is 1.56. The molecule has 0 atom stereocenters. The van der Waals surface area contributed by atoms with Gasteiger partial charge in [-0.25, -0.2) is 0 Å². The summed E-state index contributed by atoms with van der Waals surface area (Å²) in [5.74, 6) is 0.366. The van der Waals surface area contributed by atoms with E-state index in [0.717, 1.165) is 12.0 Å². The zero-order valence-electron chi connectivity index (χ0n) is 14.3. The van der Waals surface area contributed by atoms with Crippen molar-refractivity contribution in [1.82, 2.24) is 9.80 Å². The molecule has 3 rings (SSSR count). The maximum atomic E-state index is 12.6. The first-order valence-corrected chi connectivity index (χ1v) is 9.63. The summed E-state index contributed by atoms with van der Waals surface area (Å²) < 4.78 is 5.19. The smallest absolute Gasteiger partial charge is 0.289 e. The maximum Gasteiger partial charge on any atom is 0.289 e. The predicted octanol–water partition coefficient (Wildman–Crippen LogP) is 2.92. The number of benzene rings is 1. The third-order valence-electron chi connectivity index (χ3n) is 4.38. The Morgan fingerprint density at radius 3 is 2.44 bits per heavy atom. The highest BCUT2D eigenvalue weighted by molar-refractivity contribution is 7.98. The Morgan fingerprint density at radius 1 is 1.04 bits per heavy atom. The molecular weight excluding hydrogens is 336 g/mol. The van der Waals surface area contributed by atoms with Crippen LogP contribution in [0.5, 0.6) is 0 Å². The van der Waals surface area contributed by atoms with Crippen molar-refractivity contribution in [2.45, 2.75) is 17.7 Å². The first-order valence-electron chi connectivity index (χ1n) is 8.41. The van der Waals surface area contributed by atoms with E-state index in [-0.39, 0.29) is 11.8 Å². The largest absolute Gasteiger partial charge is 0.459 e. The molecule has 1 aliphatic rings. The molecule has 0 saturated carbocycles. The van der Waals surface area contributed by atoms with E-state index in [1.165, 1.54) is 11.2 Å². The van der Waals surface area contributed by atoms with Crippen LogP contribution in [0.15, 0.2) is 52.0 Å². The second-order valence-corrected chi connectivity index (χ2v) is 6.91. The third-order valence-corrected chi connectivity index (χ3v) is 5.13. The molecule has 0 radical (unpaired) electrons. The van der Waals surface area contributed by atoms with Crippen LogP contribution in [0.1, 0.15) is 22.5 Å². The van der Waals surface area contributed by atoms with E-state index in [2.05, 4.69) is 0 Å². The maximum absolute atomic E-state index is 12.6. The fourth-order valence-electron chi connectivity index (χ4n) is 2.96. The number of carbonyl (C=O) groups excluding carboxylic acids is 2. The van der Waals surface area contributed by atoms with Gasteiger partial charge in [-0.1, -0.05) is 12.1 Å². The van der Waals surface area contributed by atoms with Crippen molar-refractivity contribution >= 4 is 23.6 Å². The number of thioether (sulfide) groups is 1. The Bertz CT molecular complexity index is 713. The lowest BCUT2D eigenvalue weighted by Crippen LogP contribution is -2.37. The van der Waals surface area contributed by atoms with Gasteiger partial charge in [0.25, 0.3) is 5.91 Å². The number of hydrogen-bond acceptors (Lipinski definition) is 4. The number of carbonyl (C=O) groups is 2. The van der Waals surface area contributed by atoms with Crippen LogP contribution in [0.2, 0.25) is 0 Å². The van der Waals surface area contributed by atoms with Gasteiger partial charge in [0.1, 0.15) is 0 Å². The first-order chi connectivity index (χ1) is 12.2. The van der Waals surface area contributed by atoms with Crippen molar-refractivity contribution < 1.29 is 14.0 Å². The van der Waals surface area contributed by atoms with Crippen LogP contribution in [0, 0.1) is 0 Å². The van der Waals surface area contributed by atoms with E-state index in [0.29, 0.717) is 38.4 Å². The van der Waals surface area contributed by atoms with Gasteiger partial charge in [0.05, 0.1) is 12.7 Å². The highest BCUT2D eigenvalue weighted by Gasteiger charge is 2.24. The predicted molar refractivity (Wildman–Crippen MR) is 97.7 cm³/mol. The molecule has 2 aromatic rings. The normalized spacial score (nSPS) is 15.1. The fourth-order valence-corrected chi connectivity index (χ4v) is 3.36. The van der Waals surface area contributed by atoms with Crippen molar-refractivity contribution in [3.63, 3.8) is 0 Å². The lowest BCUT2D eigenvalue weighted by atomic mass is 10.1. The van der Waals surface area contributed by atoms with Gasteiger partial charge in [0.15, 0.2) is 5.76 Å². The summed E-state index contributed by atoms with van der Waals surface area (Å²) in [5, 5.41) is 0. The third kappa shape index (κ3) is 4.45. The van der Waals surface area contributed by atoms with Crippen LogP contribution in [0.4, 0.5) is 0 Å². The summed E-state index contributed by atoms with van der Waals surface area (Å²) in [6, 6.07) is 11.5. The number of rotatable bonds is 4. The molecule has 6 heteroatoms. The topological polar surface area (TPSA) is 53.8 Å². The van der Waals surface area contributed by atoms with Gasteiger partial charge in [-0.2, -0.15) is 0 Å². The van der Waals surface area contributed by atoms with Gasteiger partial charge in [-0.3, -0.25) is 9.59 Å². The van der Waals surface area contributed by atoms with Crippen LogP contribution in [-0.2, 0) is 11.2 Å². The summed E-state index contributed by atoms with van der Waals surface area (Å²) >= 11 is 1.69. The van der Waals surface area contributed by atoms with Crippen LogP contribution in [-0.4, -0.2) is 54.0 Å². The molecule has 1 aliphatic heterocycles. The van der Waals surface area contributed by atoms with Crippen molar-refractivity contribution in [3.8, 4) is 0 Å². The highest BCUT2D eigenvalue weighted by Crippen LogP contribution is 2.16. The second-order valence-electron chi connectivity index (χ2n) is 6.03. The van der Waals surface area contributed by atoms with E-state index in [1.54, 1.807) is 28.8 Å². The van der Waals surface area contributed by atoms with Crippen molar-refractivity contribution in [3.05, 3.63) is 54.0 Å². The van der Waals surface area contributed by atoms with Crippen LogP contribution in [0.25, 0.3) is 0 Å². The zero-order chi connectivity index (χ0) is 17.6. The van der Waals surface area contributed by atoms with Crippen molar-refractivity contribution in [2.24, 2.45) is 0 Å². The van der Waals surface area contributed by atoms with Gasteiger partial charge in [-0.05, 0) is 42.5 Å². The monoisotopic (exact) mass is 358 g/mol. The van der Waals surface area contributed by atoms with Crippen LogP contribution in [0.3, 0.4) is 0 Å². The minimum Gasteiger partial charge on any atom is -0.459 e. The molecule has 132 valence electrons.